The van der Waals surface area contributed by atoms with Crippen molar-refractivity contribution in [3.05, 3.63) is 41.3 Å². The second kappa shape index (κ2) is 6.43. The molecule has 0 bridgehead atoms. The van der Waals surface area contributed by atoms with Gasteiger partial charge in [0.25, 0.3) is 0 Å². The quantitative estimate of drug-likeness (QED) is 0.910. The van der Waals surface area contributed by atoms with Crippen molar-refractivity contribution in [3.63, 3.8) is 0 Å². The maximum atomic E-state index is 13.9. The fraction of sp³-hybridized carbons (Fsp3) is 0.333. The van der Waals surface area contributed by atoms with Crippen molar-refractivity contribution in [2.24, 2.45) is 0 Å². The first-order valence-corrected chi connectivity index (χ1v) is 6.52. The van der Waals surface area contributed by atoms with Gasteiger partial charge in [0.15, 0.2) is 17.5 Å². The molecule has 0 spiro atoms. The Morgan fingerprint density at radius 2 is 2.00 bits per heavy atom. The summed E-state index contributed by atoms with van der Waals surface area (Å²) in [5.74, 6) is 0.342. The van der Waals surface area contributed by atoms with E-state index in [0.29, 0.717) is 24.7 Å². The van der Waals surface area contributed by atoms with Gasteiger partial charge in [-0.1, -0.05) is 24.3 Å². The van der Waals surface area contributed by atoms with Crippen LogP contribution in [0, 0.1) is 12.7 Å². The smallest absolute Gasteiger partial charge is 0.186 e. The highest BCUT2D eigenvalue weighted by molar-refractivity contribution is 5.62. The van der Waals surface area contributed by atoms with Crippen molar-refractivity contribution in [1.82, 2.24) is 9.97 Å². The van der Waals surface area contributed by atoms with Gasteiger partial charge in [-0.05, 0) is 19.4 Å². The molecule has 1 heterocycles. The van der Waals surface area contributed by atoms with Crippen molar-refractivity contribution >= 4 is 5.82 Å². The maximum Gasteiger partial charge on any atom is 0.186 e. The van der Waals surface area contributed by atoms with Gasteiger partial charge in [-0.3, -0.25) is 0 Å². The van der Waals surface area contributed by atoms with Crippen LogP contribution in [0.3, 0.4) is 0 Å². The Hall–Kier alpha value is -2.01. The largest absolute Gasteiger partial charge is 0.380 e. The third-order valence-corrected chi connectivity index (χ3v) is 2.92. The van der Waals surface area contributed by atoms with Gasteiger partial charge in [0, 0.05) is 19.2 Å². The van der Waals surface area contributed by atoms with E-state index in [1.165, 1.54) is 0 Å². The first-order chi connectivity index (χ1) is 9.67. The summed E-state index contributed by atoms with van der Waals surface area (Å²) in [6, 6.07) is 7.70. The van der Waals surface area contributed by atoms with Gasteiger partial charge in [-0.25, -0.2) is 14.4 Å². The number of methoxy groups -OCH3 is 1. The monoisotopic (exact) mass is 275 g/mol. The molecule has 1 aromatic heterocycles. The molecule has 5 heteroatoms. The SMILES string of the molecule is CCNc1nc(-c2ccccc2COC)nc(C)c1F. The summed E-state index contributed by atoms with van der Waals surface area (Å²) in [5.41, 5.74) is 2.17. The van der Waals surface area contributed by atoms with Crippen LogP contribution < -0.4 is 5.32 Å². The van der Waals surface area contributed by atoms with E-state index in [2.05, 4.69) is 15.3 Å². The molecule has 0 aliphatic heterocycles. The molecular formula is C15H18FN3O. The van der Waals surface area contributed by atoms with E-state index in [9.17, 15) is 4.39 Å². The lowest BCUT2D eigenvalue weighted by Crippen LogP contribution is -2.07. The molecule has 2 aromatic rings. The van der Waals surface area contributed by atoms with Crippen LogP contribution in [-0.4, -0.2) is 23.6 Å². The fourth-order valence-corrected chi connectivity index (χ4v) is 1.98. The molecule has 0 saturated carbocycles. The number of hydrogen-bond acceptors (Lipinski definition) is 4. The number of ether oxygens (including phenoxy) is 1. The minimum atomic E-state index is -0.403. The molecule has 0 fully saturated rings. The summed E-state index contributed by atoms with van der Waals surface area (Å²) in [6.45, 7) is 4.61. The molecule has 20 heavy (non-hydrogen) atoms. The molecule has 0 atom stereocenters. The fourth-order valence-electron chi connectivity index (χ4n) is 1.98. The normalized spacial score (nSPS) is 10.6. The van der Waals surface area contributed by atoms with Crippen molar-refractivity contribution in [2.75, 3.05) is 19.0 Å². The number of halogens is 1. The van der Waals surface area contributed by atoms with Gasteiger partial charge in [-0.15, -0.1) is 0 Å². The Kier molecular flexibility index (Phi) is 4.63. The summed E-state index contributed by atoms with van der Waals surface area (Å²) in [5, 5.41) is 2.92. The number of nitrogens with zero attached hydrogens (tertiary/aromatic N) is 2. The molecule has 2 rings (SSSR count). The first-order valence-electron chi connectivity index (χ1n) is 6.52. The van der Waals surface area contributed by atoms with Crippen molar-refractivity contribution in [3.8, 4) is 11.4 Å². The van der Waals surface area contributed by atoms with E-state index in [1.54, 1.807) is 14.0 Å². The Morgan fingerprint density at radius 3 is 2.70 bits per heavy atom. The van der Waals surface area contributed by atoms with Crippen molar-refractivity contribution in [2.45, 2.75) is 20.5 Å². The van der Waals surface area contributed by atoms with Gasteiger partial charge in [0.1, 0.15) is 0 Å². The molecule has 0 amide bonds. The second-order valence-corrected chi connectivity index (χ2v) is 4.42. The van der Waals surface area contributed by atoms with Gasteiger partial charge >= 0.3 is 0 Å². The Bertz CT molecular complexity index is 602. The molecule has 0 radical (unpaired) electrons. The Balaban J connectivity index is 2.52. The van der Waals surface area contributed by atoms with Gasteiger partial charge in [-0.2, -0.15) is 0 Å². The van der Waals surface area contributed by atoms with Crippen LogP contribution in [0.2, 0.25) is 0 Å². The summed E-state index contributed by atoms with van der Waals surface area (Å²) in [7, 11) is 1.64. The van der Waals surface area contributed by atoms with Crippen LogP contribution in [0.1, 0.15) is 18.2 Å². The van der Waals surface area contributed by atoms with E-state index in [1.807, 2.05) is 31.2 Å². The van der Waals surface area contributed by atoms with Crippen LogP contribution >= 0.6 is 0 Å². The van der Waals surface area contributed by atoms with E-state index in [-0.39, 0.29) is 5.82 Å². The minimum absolute atomic E-state index is 0.238. The number of rotatable bonds is 5. The lowest BCUT2D eigenvalue weighted by molar-refractivity contribution is 0.185. The van der Waals surface area contributed by atoms with Crippen molar-refractivity contribution < 1.29 is 9.13 Å². The molecule has 4 nitrogen and oxygen atoms in total. The topological polar surface area (TPSA) is 47.0 Å². The van der Waals surface area contributed by atoms with Crippen LogP contribution in [0.15, 0.2) is 24.3 Å². The Labute approximate surface area is 118 Å². The zero-order valence-electron chi connectivity index (χ0n) is 11.9. The highest BCUT2D eigenvalue weighted by Crippen LogP contribution is 2.24. The highest BCUT2D eigenvalue weighted by Gasteiger charge is 2.14. The van der Waals surface area contributed by atoms with Gasteiger partial charge in [0.05, 0.1) is 12.3 Å². The molecule has 1 aromatic carbocycles. The molecule has 0 unspecified atom stereocenters. The summed E-state index contributed by atoms with van der Waals surface area (Å²) in [6.07, 6.45) is 0. The van der Waals surface area contributed by atoms with E-state index >= 15 is 0 Å². The van der Waals surface area contributed by atoms with E-state index in [4.69, 9.17) is 4.74 Å². The van der Waals surface area contributed by atoms with Crippen LogP contribution in [0.4, 0.5) is 10.2 Å². The van der Waals surface area contributed by atoms with Crippen LogP contribution in [0.25, 0.3) is 11.4 Å². The zero-order valence-corrected chi connectivity index (χ0v) is 11.9. The average Bonchev–Trinajstić information content (AvgIpc) is 2.45. The molecule has 106 valence electrons. The predicted molar refractivity (Wildman–Crippen MR) is 77.0 cm³/mol. The second-order valence-electron chi connectivity index (χ2n) is 4.42. The molecular weight excluding hydrogens is 257 g/mol. The average molecular weight is 275 g/mol. The van der Waals surface area contributed by atoms with Gasteiger partial charge < -0.3 is 10.1 Å². The van der Waals surface area contributed by atoms with Crippen molar-refractivity contribution in [1.29, 1.82) is 0 Å². The molecule has 1 N–H and O–H groups in total. The summed E-state index contributed by atoms with van der Waals surface area (Å²) < 4.78 is 19.1. The summed E-state index contributed by atoms with van der Waals surface area (Å²) in [4.78, 5) is 8.53. The Morgan fingerprint density at radius 1 is 1.25 bits per heavy atom. The third-order valence-electron chi connectivity index (χ3n) is 2.92. The number of hydrogen-bond donors (Lipinski definition) is 1. The minimum Gasteiger partial charge on any atom is -0.380 e. The predicted octanol–water partition coefficient (Wildman–Crippen LogP) is 3.17. The summed E-state index contributed by atoms with van der Waals surface area (Å²) >= 11 is 0. The first kappa shape index (κ1) is 14.4. The molecule has 0 aliphatic rings. The number of benzene rings is 1. The number of nitrogens with one attached hydrogen (secondary N) is 1. The lowest BCUT2D eigenvalue weighted by atomic mass is 10.1. The number of anilines is 1. The number of aromatic nitrogens is 2. The molecule has 0 aliphatic carbocycles. The maximum absolute atomic E-state index is 13.9. The van der Waals surface area contributed by atoms with Crippen LogP contribution in [0.5, 0.6) is 0 Å². The van der Waals surface area contributed by atoms with Crippen LogP contribution in [-0.2, 0) is 11.3 Å². The standard InChI is InChI=1S/C15H18FN3O/c1-4-17-15-13(16)10(2)18-14(19-15)12-8-6-5-7-11(12)9-20-3/h5-8H,4,9H2,1-3H3,(H,17,18,19). The zero-order chi connectivity index (χ0) is 14.5. The number of aryl methyl sites for hydroxylation is 1. The van der Waals surface area contributed by atoms with E-state index in [0.717, 1.165) is 11.1 Å². The van der Waals surface area contributed by atoms with E-state index < -0.39 is 5.82 Å². The molecule has 0 saturated heterocycles. The lowest BCUT2D eigenvalue weighted by Gasteiger charge is -2.11. The highest BCUT2D eigenvalue weighted by atomic mass is 19.1. The third kappa shape index (κ3) is 2.93. The van der Waals surface area contributed by atoms with Gasteiger partial charge in [0.2, 0.25) is 0 Å².